The molecule has 0 saturated heterocycles. The molecule has 0 saturated carbocycles. The highest BCUT2D eigenvalue weighted by atomic mass is 16.4. The fraction of sp³-hybridized carbons (Fsp3) is 0.267. The molecule has 2 aromatic heterocycles. The van der Waals surface area contributed by atoms with Crippen LogP contribution in [0.3, 0.4) is 0 Å². The van der Waals surface area contributed by atoms with E-state index < -0.39 is 5.97 Å². The lowest BCUT2D eigenvalue weighted by atomic mass is 10.2. The molecule has 0 spiro atoms. The van der Waals surface area contributed by atoms with Gasteiger partial charge in [0.25, 0.3) is 0 Å². The lowest BCUT2D eigenvalue weighted by Crippen LogP contribution is -2.23. The molecule has 2 rings (SSSR count). The summed E-state index contributed by atoms with van der Waals surface area (Å²) in [5, 5.41) is 9.03. The Bertz CT molecular complexity index is 599. The van der Waals surface area contributed by atoms with Gasteiger partial charge < -0.3 is 10.0 Å². The smallest absolute Gasteiger partial charge is 0.337 e. The fourth-order valence-corrected chi connectivity index (χ4v) is 2.01. The summed E-state index contributed by atoms with van der Waals surface area (Å²) in [6, 6.07) is 7.28. The van der Waals surface area contributed by atoms with Gasteiger partial charge in [-0.3, -0.25) is 4.98 Å². The molecular weight excluding hydrogens is 254 g/mol. The van der Waals surface area contributed by atoms with E-state index in [0.717, 1.165) is 24.5 Å². The number of carboxylic acids is 1. The van der Waals surface area contributed by atoms with Crippen LogP contribution in [0.2, 0.25) is 0 Å². The Balaban J connectivity index is 2.24. The summed E-state index contributed by atoms with van der Waals surface area (Å²) in [5.41, 5.74) is 1.92. The molecule has 0 atom stereocenters. The summed E-state index contributed by atoms with van der Waals surface area (Å²) in [7, 11) is 0. The predicted molar refractivity (Wildman–Crippen MR) is 76.9 cm³/mol. The quantitative estimate of drug-likeness (QED) is 0.905. The second-order valence-electron chi connectivity index (χ2n) is 4.48. The van der Waals surface area contributed by atoms with Crippen LogP contribution in [0.15, 0.2) is 36.7 Å². The first-order valence-electron chi connectivity index (χ1n) is 6.46. The summed E-state index contributed by atoms with van der Waals surface area (Å²) in [6.45, 7) is 5.27. The standard InChI is InChI=1S/C15H17N3O2/c1-3-18(10-12-6-8-16-9-7-12)14-5-4-13(15(19)20)11(2)17-14/h4-9H,3,10H2,1-2H3,(H,19,20). The molecule has 104 valence electrons. The van der Waals surface area contributed by atoms with Crippen molar-refractivity contribution >= 4 is 11.8 Å². The van der Waals surface area contributed by atoms with Crippen LogP contribution in [0.1, 0.15) is 28.5 Å². The van der Waals surface area contributed by atoms with Gasteiger partial charge >= 0.3 is 5.97 Å². The average Bonchev–Trinajstić information content (AvgIpc) is 2.45. The van der Waals surface area contributed by atoms with Gasteiger partial charge in [0.2, 0.25) is 0 Å². The molecule has 0 aliphatic heterocycles. The van der Waals surface area contributed by atoms with Crippen molar-refractivity contribution in [2.45, 2.75) is 20.4 Å². The minimum Gasteiger partial charge on any atom is -0.478 e. The zero-order valence-electron chi connectivity index (χ0n) is 11.6. The van der Waals surface area contributed by atoms with Gasteiger partial charge in [-0.1, -0.05) is 0 Å². The molecule has 0 fully saturated rings. The molecule has 5 heteroatoms. The van der Waals surface area contributed by atoms with Crippen molar-refractivity contribution in [3.05, 3.63) is 53.5 Å². The highest BCUT2D eigenvalue weighted by Gasteiger charge is 2.12. The first-order valence-corrected chi connectivity index (χ1v) is 6.46. The number of aromatic carboxylic acids is 1. The van der Waals surface area contributed by atoms with Crippen LogP contribution in [0.25, 0.3) is 0 Å². The van der Waals surface area contributed by atoms with E-state index >= 15 is 0 Å². The Hall–Kier alpha value is -2.43. The van der Waals surface area contributed by atoms with Gasteiger partial charge in [-0.05, 0) is 43.7 Å². The van der Waals surface area contributed by atoms with E-state index in [-0.39, 0.29) is 5.56 Å². The first kappa shape index (κ1) is 14.0. The van der Waals surface area contributed by atoms with Crippen molar-refractivity contribution < 1.29 is 9.90 Å². The third-order valence-corrected chi connectivity index (χ3v) is 3.13. The lowest BCUT2D eigenvalue weighted by Gasteiger charge is -2.22. The molecule has 2 heterocycles. The molecule has 0 radical (unpaired) electrons. The summed E-state index contributed by atoms with van der Waals surface area (Å²) in [4.78, 5) is 21.5. The second-order valence-corrected chi connectivity index (χ2v) is 4.48. The Morgan fingerprint density at radius 3 is 2.50 bits per heavy atom. The minimum atomic E-state index is -0.946. The van der Waals surface area contributed by atoms with Gasteiger partial charge in [-0.25, -0.2) is 9.78 Å². The normalized spacial score (nSPS) is 10.3. The molecule has 0 bridgehead atoms. The average molecular weight is 271 g/mol. The number of anilines is 1. The van der Waals surface area contributed by atoms with Crippen molar-refractivity contribution in [1.29, 1.82) is 0 Å². The van der Waals surface area contributed by atoms with E-state index in [4.69, 9.17) is 5.11 Å². The van der Waals surface area contributed by atoms with Crippen molar-refractivity contribution in [2.24, 2.45) is 0 Å². The summed E-state index contributed by atoms with van der Waals surface area (Å²) in [5.74, 6) is -0.162. The van der Waals surface area contributed by atoms with Gasteiger partial charge in [0.05, 0.1) is 11.3 Å². The number of pyridine rings is 2. The predicted octanol–water partition coefficient (Wildman–Crippen LogP) is 2.51. The van der Waals surface area contributed by atoms with Gasteiger partial charge in [0, 0.05) is 25.5 Å². The minimum absolute atomic E-state index is 0.244. The van der Waals surface area contributed by atoms with Crippen molar-refractivity contribution in [1.82, 2.24) is 9.97 Å². The van der Waals surface area contributed by atoms with Crippen LogP contribution in [0.5, 0.6) is 0 Å². The highest BCUT2D eigenvalue weighted by molar-refractivity contribution is 5.89. The van der Waals surface area contributed by atoms with Crippen molar-refractivity contribution in [3.63, 3.8) is 0 Å². The molecule has 20 heavy (non-hydrogen) atoms. The van der Waals surface area contributed by atoms with Crippen LogP contribution in [-0.4, -0.2) is 27.6 Å². The number of nitrogens with zero attached hydrogens (tertiary/aromatic N) is 3. The van der Waals surface area contributed by atoms with Crippen LogP contribution < -0.4 is 4.90 Å². The van der Waals surface area contributed by atoms with E-state index in [2.05, 4.69) is 14.9 Å². The number of hydrogen-bond acceptors (Lipinski definition) is 4. The molecule has 0 aromatic carbocycles. The van der Waals surface area contributed by atoms with Crippen LogP contribution in [0.4, 0.5) is 5.82 Å². The Kier molecular flexibility index (Phi) is 4.30. The maximum atomic E-state index is 11.0. The SMILES string of the molecule is CCN(Cc1ccncc1)c1ccc(C(=O)O)c(C)n1. The summed E-state index contributed by atoms with van der Waals surface area (Å²) in [6.07, 6.45) is 3.52. The number of carbonyl (C=O) groups is 1. The molecule has 5 nitrogen and oxygen atoms in total. The van der Waals surface area contributed by atoms with Crippen molar-refractivity contribution in [2.75, 3.05) is 11.4 Å². The van der Waals surface area contributed by atoms with Gasteiger partial charge in [0.15, 0.2) is 0 Å². The second kappa shape index (κ2) is 6.14. The van der Waals surface area contributed by atoms with Crippen LogP contribution in [0, 0.1) is 6.92 Å². The molecule has 0 unspecified atom stereocenters. The molecule has 0 aliphatic carbocycles. The Labute approximate surface area is 117 Å². The highest BCUT2D eigenvalue weighted by Crippen LogP contribution is 2.17. The van der Waals surface area contributed by atoms with Crippen LogP contribution >= 0.6 is 0 Å². The summed E-state index contributed by atoms with van der Waals surface area (Å²) < 4.78 is 0. The van der Waals surface area contributed by atoms with Gasteiger partial charge in [0.1, 0.15) is 5.82 Å². The molecule has 2 aromatic rings. The number of aryl methyl sites for hydroxylation is 1. The number of rotatable bonds is 5. The number of carboxylic acid groups (broad SMARTS) is 1. The molecule has 1 N–H and O–H groups in total. The lowest BCUT2D eigenvalue weighted by molar-refractivity contribution is 0.0695. The van der Waals surface area contributed by atoms with Crippen molar-refractivity contribution in [3.8, 4) is 0 Å². The van der Waals surface area contributed by atoms with E-state index in [0.29, 0.717) is 5.69 Å². The van der Waals surface area contributed by atoms with Gasteiger partial charge in [-0.15, -0.1) is 0 Å². The zero-order valence-corrected chi connectivity index (χ0v) is 11.6. The summed E-state index contributed by atoms with van der Waals surface area (Å²) >= 11 is 0. The largest absolute Gasteiger partial charge is 0.478 e. The topological polar surface area (TPSA) is 66.3 Å². The van der Waals surface area contributed by atoms with E-state index in [9.17, 15) is 4.79 Å². The maximum absolute atomic E-state index is 11.0. The number of hydrogen-bond donors (Lipinski definition) is 1. The third-order valence-electron chi connectivity index (χ3n) is 3.13. The van der Waals surface area contributed by atoms with E-state index in [1.165, 1.54) is 0 Å². The third kappa shape index (κ3) is 3.12. The molecular formula is C15H17N3O2. The van der Waals surface area contributed by atoms with E-state index in [1.807, 2.05) is 19.1 Å². The number of aromatic nitrogens is 2. The van der Waals surface area contributed by atoms with Gasteiger partial charge in [-0.2, -0.15) is 0 Å². The maximum Gasteiger partial charge on any atom is 0.337 e. The van der Waals surface area contributed by atoms with E-state index in [1.54, 1.807) is 31.5 Å². The molecule has 0 amide bonds. The first-order chi connectivity index (χ1) is 9.61. The molecule has 0 aliphatic rings. The fourth-order valence-electron chi connectivity index (χ4n) is 2.01. The zero-order chi connectivity index (χ0) is 14.5. The monoisotopic (exact) mass is 271 g/mol. The Morgan fingerprint density at radius 2 is 1.95 bits per heavy atom. The Morgan fingerprint density at radius 1 is 1.25 bits per heavy atom. The van der Waals surface area contributed by atoms with Crippen LogP contribution in [-0.2, 0) is 6.54 Å².